The molecule has 0 bridgehead atoms. The molecule has 0 aliphatic carbocycles. The summed E-state index contributed by atoms with van der Waals surface area (Å²) in [6.07, 6.45) is 2.86. The Bertz CT molecular complexity index is 791. The molecule has 4 N–H and O–H groups in total. The van der Waals surface area contributed by atoms with Crippen molar-refractivity contribution in [2.24, 2.45) is 5.73 Å². The number of H-pyrrole nitrogens is 1. The Morgan fingerprint density at radius 3 is 3.00 bits per heavy atom. The van der Waals surface area contributed by atoms with Crippen LogP contribution in [0.15, 0.2) is 23.0 Å². The van der Waals surface area contributed by atoms with Crippen molar-refractivity contribution >= 4 is 23.6 Å². The molecular weight excluding hydrogens is 346 g/mol. The Hall–Kier alpha value is -2.40. The summed E-state index contributed by atoms with van der Waals surface area (Å²) in [4.78, 5) is 26.7. The van der Waals surface area contributed by atoms with Gasteiger partial charge in [-0.15, -0.1) is 16.9 Å². The first-order valence-electron chi connectivity index (χ1n) is 7.72. The van der Waals surface area contributed by atoms with E-state index in [1.165, 1.54) is 12.5 Å². The van der Waals surface area contributed by atoms with Crippen molar-refractivity contribution < 1.29 is 14.0 Å². The molecule has 3 unspecified atom stereocenters. The van der Waals surface area contributed by atoms with Gasteiger partial charge in [0.25, 0.3) is 0 Å². The minimum atomic E-state index is -0.880. The Kier molecular flexibility index (Phi) is 3.58. The van der Waals surface area contributed by atoms with E-state index in [-0.39, 0.29) is 22.1 Å². The van der Waals surface area contributed by atoms with E-state index in [2.05, 4.69) is 25.9 Å². The molecule has 2 aromatic rings. The highest BCUT2D eigenvalue weighted by atomic mass is 32.2. The molecule has 2 aliphatic rings. The third-order valence-corrected chi connectivity index (χ3v) is 6.12. The second kappa shape index (κ2) is 5.56. The Labute approximate surface area is 146 Å². The lowest BCUT2D eigenvalue weighted by atomic mass is 9.95. The average Bonchev–Trinajstić information content (AvgIpc) is 3.30. The average molecular weight is 363 g/mol. The number of aromatic amines is 1. The topological polar surface area (TPSA) is 143 Å². The van der Waals surface area contributed by atoms with E-state index in [0.29, 0.717) is 11.4 Å². The lowest BCUT2D eigenvalue weighted by Gasteiger charge is -2.44. The minimum absolute atomic E-state index is 0.169. The van der Waals surface area contributed by atoms with Crippen LogP contribution >= 0.6 is 11.8 Å². The van der Waals surface area contributed by atoms with Gasteiger partial charge in [0.1, 0.15) is 23.5 Å². The Morgan fingerprint density at radius 1 is 1.56 bits per heavy atom. The van der Waals surface area contributed by atoms with Crippen molar-refractivity contribution in [1.29, 1.82) is 0 Å². The predicted octanol–water partition coefficient (Wildman–Crippen LogP) is -0.288. The maximum atomic E-state index is 12.6. The number of carbonyl (C=O) groups is 2. The molecule has 4 rings (SSSR count). The lowest BCUT2D eigenvalue weighted by Crippen LogP contribution is -2.68. The number of rotatable bonds is 4. The Balaban J connectivity index is 1.50. The molecule has 2 fully saturated rings. The quantitative estimate of drug-likeness (QED) is 0.629. The molecule has 25 heavy (non-hydrogen) atoms. The van der Waals surface area contributed by atoms with Gasteiger partial charge in [-0.25, -0.2) is 5.10 Å². The number of fused-ring (bicyclic) bond motifs is 1. The number of carbonyl (C=O) groups excluding carboxylic acids is 2. The molecule has 2 amide bonds. The van der Waals surface area contributed by atoms with Gasteiger partial charge in [-0.1, -0.05) is 0 Å². The molecule has 4 atom stereocenters. The molecule has 11 heteroatoms. The third-order valence-electron chi connectivity index (χ3n) is 4.54. The summed E-state index contributed by atoms with van der Waals surface area (Å²) in [5.74, 6) is -0.0481. The molecule has 10 nitrogen and oxygen atoms in total. The molecule has 0 radical (unpaired) electrons. The number of thioether (sulfide) groups is 1. The second-order valence-corrected chi connectivity index (χ2v) is 8.34. The number of amides is 2. The van der Waals surface area contributed by atoms with Crippen LogP contribution in [0.1, 0.15) is 37.3 Å². The predicted molar refractivity (Wildman–Crippen MR) is 86.8 cm³/mol. The van der Waals surface area contributed by atoms with Gasteiger partial charge in [0.15, 0.2) is 5.82 Å². The number of nitrogens with two attached hydrogens (primary N) is 1. The molecule has 0 aromatic carbocycles. The first-order chi connectivity index (χ1) is 11.9. The fourth-order valence-corrected chi connectivity index (χ4v) is 4.95. The summed E-state index contributed by atoms with van der Waals surface area (Å²) >= 11 is 1.60. The van der Waals surface area contributed by atoms with Crippen LogP contribution in [0.4, 0.5) is 0 Å². The normalized spacial score (nSPS) is 28.4. The zero-order chi connectivity index (χ0) is 17.8. The number of hydrogen-bond acceptors (Lipinski definition) is 8. The van der Waals surface area contributed by atoms with Crippen LogP contribution in [0.3, 0.4) is 0 Å². The van der Waals surface area contributed by atoms with Crippen molar-refractivity contribution in [2.45, 2.75) is 42.1 Å². The number of tetrazole rings is 1. The Morgan fingerprint density at radius 2 is 2.36 bits per heavy atom. The van der Waals surface area contributed by atoms with Gasteiger partial charge in [0.2, 0.25) is 11.8 Å². The number of hydrogen-bond donors (Lipinski definition) is 3. The van der Waals surface area contributed by atoms with E-state index in [4.69, 9.17) is 10.2 Å². The van der Waals surface area contributed by atoms with Crippen LogP contribution in [0.2, 0.25) is 0 Å². The van der Waals surface area contributed by atoms with Crippen molar-refractivity contribution in [1.82, 2.24) is 30.8 Å². The van der Waals surface area contributed by atoms with Crippen LogP contribution in [0.5, 0.6) is 0 Å². The number of nitrogens with one attached hydrogen (secondary N) is 2. The largest absolute Gasteiger partial charge is 0.472 e. The maximum absolute atomic E-state index is 12.6. The fourth-order valence-electron chi connectivity index (χ4n) is 3.32. The van der Waals surface area contributed by atoms with Crippen molar-refractivity contribution in [3.05, 3.63) is 30.0 Å². The zero-order valence-electron chi connectivity index (χ0n) is 13.5. The van der Waals surface area contributed by atoms with Gasteiger partial charge < -0.3 is 20.4 Å². The highest BCUT2D eigenvalue weighted by Crippen LogP contribution is 2.56. The number of furan rings is 1. The minimum Gasteiger partial charge on any atom is -0.472 e. The van der Waals surface area contributed by atoms with E-state index in [9.17, 15) is 9.59 Å². The van der Waals surface area contributed by atoms with Gasteiger partial charge >= 0.3 is 0 Å². The first kappa shape index (κ1) is 16.1. The van der Waals surface area contributed by atoms with Gasteiger partial charge in [0.05, 0.1) is 12.5 Å². The van der Waals surface area contributed by atoms with Crippen LogP contribution in [-0.4, -0.2) is 53.5 Å². The van der Waals surface area contributed by atoms with E-state index in [1.54, 1.807) is 22.7 Å². The molecule has 2 aliphatic heterocycles. The molecule has 4 heterocycles. The number of β-lactam (4-membered cyclic amide) rings is 1. The maximum Gasteiger partial charge on any atom is 0.249 e. The first-order valence-corrected chi connectivity index (χ1v) is 8.60. The second-order valence-electron chi connectivity index (χ2n) is 6.57. The SMILES string of the molecule is CC1(C)S[C@@H]2C(NC(=O)C(N)c3ccoc3)C(=O)N2C1c1nnn[nH]1. The fraction of sp³-hybridized carbons (Fsp3) is 0.500. The summed E-state index contributed by atoms with van der Waals surface area (Å²) in [6, 6.07) is -0.148. The summed E-state index contributed by atoms with van der Waals surface area (Å²) in [5.41, 5.74) is 6.48. The van der Waals surface area contributed by atoms with E-state index < -0.39 is 18.0 Å². The van der Waals surface area contributed by atoms with Crippen molar-refractivity contribution in [3.63, 3.8) is 0 Å². The standard InChI is InChI=1S/C14H17N7O3S/c1-14(2)9(10-17-19-20-18-10)21-12(23)8(13(21)25-14)16-11(22)7(15)6-3-4-24-5-6/h3-5,7-9,13H,15H2,1-2H3,(H,16,22)(H,17,18,19,20)/t7?,8?,9?,13-/m1/s1. The number of nitrogens with zero attached hydrogens (tertiary/aromatic N) is 4. The van der Waals surface area contributed by atoms with E-state index in [1.807, 2.05) is 13.8 Å². The molecule has 2 saturated heterocycles. The van der Waals surface area contributed by atoms with Crippen LogP contribution in [-0.2, 0) is 9.59 Å². The van der Waals surface area contributed by atoms with E-state index in [0.717, 1.165) is 0 Å². The smallest absolute Gasteiger partial charge is 0.249 e. The monoisotopic (exact) mass is 363 g/mol. The highest BCUT2D eigenvalue weighted by Gasteiger charge is 2.63. The summed E-state index contributed by atoms with van der Waals surface area (Å²) in [5, 5.41) is 16.4. The molecule has 0 saturated carbocycles. The summed E-state index contributed by atoms with van der Waals surface area (Å²) in [7, 11) is 0. The lowest BCUT2D eigenvalue weighted by molar-refractivity contribution is -0.152. The molecule has 2 aromatic heterocycles. The van der Waals surface area contributed by atoms with Gasteiger partial charge in [-0.3, -0.25) is 9.59 Å². The van der Waals surface area contributed by atoms with E-state index >= 15 is 0 Å². The van der Waals surface area contributed by atoms with Crippen molar-refractivity contribution in [3.8, 4) is 0 Å². The summed E-state index contributed by atoms with van der Waals surface area (Å²) < 4.78 is 4.64. The summed E-state index contributed by atoms with van der Waals surface area (Å²) in [6.45, 7) is 4.04. The van der Waals surface area contributed by atoms with Gasteiger partial charge in [-0.2, -0.15) is 0 Å². The molecule has 132 valence electrons. The van der Waals surface area contributed by atoms with Gasteiger partial charge in [0, 0.05) is 10.3 Å². The zero-order valence-corrected chi connectivity index (χ0v) is 14.4. The highest BCUT2D eigenvalue weighted by molar-refractivity contribution is 8.01. The van der Waals surface area contributed by atoms with Gasteiger partial charge in [-0.05, 0) is 30.3 Å². The molecular formula is C14H17N7O3S. The molecule has 0 spiro atoms. The third kappa shape index (κ3) is 2.42. The van der Waals surface area contributed by atoms with Crippen LogP contribution in [0.25, 0.3) is 0 Å². The van der Waals surface area contributed by atoms with Crippen LogP contribution < -0.4 is 11.1 Å². The van der Waals surface area contributed by atoms with Crippen molar-refractivity contribution in [2.75, 3.05) is 0 Å². The number of aromatic nitrogens is 4. The van der Waals surface area contributed by atoms with Crippen LogP contribution in [0, 0.1) is 0 Å².